The van der Waals surface area contributed by atoms with Crippen LogP contribution >= 0.6 is 35.1 Å². The van der Waals surface area contributed by atoms with Gasteiger partial charge in [-0.25, -0.2) is 0 Å². The number of carbonyl (C=O) groups excluding carboxylic acids is 1. The van der Waals surface area contributed by atoms with Gasteiger partial charge in [-0.05, 0) is 12.1 Å². The fraction of sp³-hybridized carbons (Fsp3) is 0.417. The molecule has 0 aliphatic carbocycles. The van der Waals surface area contributed by atoms with Crippen LogP contribution in [0.15, 0.2) is 18.2 Å². The second kappa shape index (κ2) is 6.59. The summed E-state index contributed by atoms with van der Waals surface area (Å²) in [6.45, 7) is 0.683. The summed E-state index contributed by atoms with van der Waals surface area (Å²) in [6, 6.07) is 5.11. The quantitative estimate of drug-likeness (QED) is 0.842. The number of nitrogens with one attached hydrogen (secondary N) is 1. The molecule has 1 unspecified atom stereocenters. The van der Waals surface area contributed by atoms with Gasteiger partial charge in [0.05, 0.1) is 16.3 Å². The molecule has 1 aromatic rings. The largest absolute Gasteiger partial charge is 0.397 e. The van der Waals surface area contributed by atoms with E-state index >= 15 is 0 Å². The Morgan fingerprint density at radius 1 is 1.50 bits per heavy atom. The van der Waals surface area contributed by atoms with Crippen LogP contribution in [-0.4, -0.2) is 35.0 Å². The van der Waals surface area contributed by atoms with Gasteiger partial charge in [0, 0.05) is 29.1 Å². The molecule has 1 aliphatic heterocycles. The van der Waals surface area contributed by atoms with Gasteiger partial charge in [-0.2, -0.15) is 23.5 Å². The van der Waals surface area contributed by atoms with Crippen molar-refractivity contribution < 1.29 is 4.79 Å². The van der Waals surface area contributed by atoms with Gasteiger partial charge in [-0.3, -0.25) is 4.79 Å². The van der Waals surface area contributed by atoms with E-state index in [-0.39, 0.29) is 5.91 Å². The smallest absolute Gasteiger partial charge is 0.253 e. The Hall–Kier alpha value is -0.520. The summed E-state index contributed by atoms with van der Waals surface area (Å²) in [6.07, 6.45) is 0. The van der Waals surface area contributed by atoms with Crippen LogP contribution in [0.3, 0.4) is 0 Å². The lowest BCUT2D eigenvalue weighted by molar-refractivity contribution is 0.0955. The molecule has 0 aromatic heterocycles. The number of amides is 1. The van der Waals surface area contributed by atoms with Crippen molar-refractivity contribution in [1.29, 1.82) is 0 Å². The van der Waals surface area contributed by atoms with Gasteiger partial charge in [0.2, 0.25) is 0 Å². The van der Waals surface area contributed by atoms with Crippen LogP contribution in [0.1, 0.15) is 10.4 Å². The first-order valence-electron chi connectivity index (χ1n) is 5.70. The van der Waals surface area contributed by atoms with E-state index in [1.165, 1.54) is 5.75 Å². The van der Waals surface area contributed by atoms with Gasteiger partial charge in [-0.1, -0.05) is 17.7 Å². The highest BCUT2D eigenvalue weighted by atomic mass is 35.5. The Kier molecular flexibility index (Phi) is 5.09. The van der Waals surface area contributed by atoms with E-state index in [4.69, 9.17) is 17.3 Å². The monoisotopic (exact) mass is 302 g/mol. The molecule has 1 heterocycles. The summed E-state index contributed by atoms with van der Waals surface area (Å²) >= 11 is 9.75. The van der Waals surface area contributed by atoms with Crippen molar-refractivity contribution in [2.45, 2.75) is 5.25 Å². The molecule has 98 valence electrons. The summed E-state index contributed by atoms with van der Waals surface area (Å²) in [5, 5.41) is 3.84. The van der Waals surface area contributed by atoms with Gasteiger partial charge >= 0.3 is 0 Å². The molecule has 2 rings (SSSR count). The zero-order valence-corrected chi connectivity index (χ0v) is 12.2. The number of rotatable bonds is 3. The number of thioether (sulfide) groups is 2. The van der Waals surface area contributed by atoms with Crippen molar-refractivity contribution in [2.75, 3.05) is 29.5 Å². The van der Waals surface area contributed by atoms with E-state index in [1.807, 2.05) is 23.5 Å². The van der Waals surface area contributed by atoms with Crippen molar-refractivity contribution in [3.8, 4) is 0 Å². The topological polar surface area (TPSA) is 55.1 Å². The molecule has 18 heavy (non-hydrogen) atoms. The average molecular weight is 303 g/mol. The Bertz CT molecular complexity index is 436. The number of nitrogen functional groups attached to an aromatic ring is 1. The van der Waals surface area contributed by atoms with Crippen LogP contribution in [0.2, 0.25) is 5.02 Å². The van der Waals surface area contributed by atoms with E-state index in [1.54, 1.807) is 18.2 Å². The summed E-state index contributed by atoms with van der Waals surface area (Å²) < 4.78 is 0. The molecule has 1 aromatic carbocycles. The lowest BCUT2D eigenvalue weighted by Crippen LogP contribution is -2.33. The second-order valence-electron chi connectivity index (χ2n) is 3.98. The minimum absolute atomic E-state index is 0.147. The Morgan fingerprint density at radius 3 is 3.06 bits per heavy atom. The molecule has 0 bridgehead atoms. The molecular formula is C12H15ClN2OS2. The summed E-state index contributed by atoms with van der Waals surface area (Å²) in [4.78, 5) is 12.0. The third kappa shape index (κ3) is 3.49. The number of para-hydroxylation sites is 1. The van der Waals surface area contributed by atoms with Crippen molar-refractivity contribution in [2.24, 2.45) is 0 Å². The highest BCUT2D eigenvalue weighted by Gasteiger charge is 2.17. The van der Waals surface area contributed by atoms with E-state index in [0.717, 1.165) is 11.5 Å². The molecule has 0 radical (unpaired) electrons. The third-order valence-electron chi connectivity index (χ3n) is 2.67. The van der Waals surface area contributed by atoms with Crippen LogP contribution < -0.4 is 11.1 Å². The number of carbonyl (C=O) groups is 1. The fourth-order valence-corrected chi connectivity index (χ4v) is 4.48. The highest BCUT2D eigenvalue weighted by molar-refractivity contribution is 8.06. The minimum Gasteiger partial charge on any atom is -0.397 e. The summed E-state index contributed by atoms with van der Waals surface area (Å²) in [7, 11) is 0. The molecule has 1 fully saturated rings. The van der Waals surface area contributed by atoms with Gasteiger partial charge in [0.15, 0.2) is 0 Å². The van der Waals surface area contributed by atoms with Crippen molar-refractivity contribution in [3.05, 3.63) is 28.8 Å². The number of nitrogens with two attached hydrogens (primary N) is 1. The Labute approximate surface area is 120 Å². The third-order valence-corrected chi connectivity index (χ3v) is 5.85. The molecule has 1 amide bonds. The van der Waals surface area contributed by atoms with Crippen LogP contribution in [-0.2, 0) is 0 Å². The average Bonchev–Trinajstić information content (AvgIpc) is 2.40. The van der Waals surface area contributed by atoms with Gasteiger partial charge < -0.3 is 11.1 Å². The van der Waals surface area contributed by atoms with Crippen molar-refractivity contribution >= 4 is 46.7 Å². The Balaban J connectivity index is 1.93. The molecule has 1 atom stereocenters. The summed E-state index contributed by atoms with van der Waals surface area (Å²) in [5.74, 6) is 3.31. The number of benzene rings is 1. The first kappa shape index (κ1) is 13.9. The van der Waals surface area contributed by atoms with Crippen LogP contribution in [0.25, 0.3) is 0 Å². The predicted molar refractivity (Wildman–Crippen MR) is 81.8 cm³/mol. The summed E-state index contributed by atoms with van der Waals surface area (Å²) in [5.41, 5.74) is 6.59. The normalized spacial score (nSPS) is 19.5. The van der Waals surface area contributed by atoms with Gasteiger partial charge in [-0.15, -0.1) is 0 Å². The Morgan fingerprint density at radius 2 is 2.33 bits per heavy atom. The van der Waals surface area contributed by atoms with Crippen molar-refractivity contribution in [1.82, 2.24) is 5.32 Å². The van der Waals surface area contributed by atoms with Crippen LogP contribution in [0, 0.1) is 0 Å². The maximum atomic E-state index is 12.0. The lowest BCUT2D eigenvalue weighted by Gasteiger charge is -2.21. The number of hydrogen-bond acceptors (Lipinski definition) is 4. The maximum absolute atomic E-state index is 12.0. The zero-order valence-electron chi connectivity index (χ0n) is 9.82. The first-order valence-corrected chi connectivity index (χ1v) is 8.28. The lowest BCUT2D eigenvalue weighted by atomic mass is 10.1. The molecule has 0 saturated carbocycles. The number of anilines is 1. The van der Waals surface area contributed by atoms with Crippen molar-refractivity contribution in [3.63, 3.8) is 0 Å². The SMILES string of the molecule is Nc1c(Cl)cccc1C(=O)NCC1CSCCS1. The van der Waals surface area contributed by atoms with Gasteiger partial charge in [0.25, 0.3) is 5.91 Å². The predicted octanol–water partition coefficient (Wildman–Crippen LogP) is 2.50. The van der Waals surface area contributed by atoms with Gasteiger partial charge in [0.1, 0.15) is 0 Å². The fourth-order valence-electron chi connectivity index (χ4n) is 1.69. The first-order chi connectivity index (χ1) is 8.68. The maximum Gasteiger partial charge on any atom is 0.253 e. The van der Waals surface area contributed by atoms with E-state index in [2.05, 4.69) is 5.32 Å². The standard InChI is InChI=1S/C12H15ClN2OS2/c13-10-3-1-2-9(11(10)14)12(16)15-6-8-7-17-4-5-18-8/h1-3,8H,4-7,14H2,(H,15,16). The molecule has 1 aliphatic rings. The molecule has 1 saturated heterocycles. The highest BCUT2D eigenvalue weighted by Crippen LogP contribution is 2.24. The van der Waals surface area contributed by atoms with E-state index in [9.17, 15) is 4.79 Å². The zero-order chi connectivity index (χ0) is 13.0. The molecule has 3 nitrogen and oxygen atoms in total. The van der Waals surface area contributed by atoms with E-state index < -0.39 is 0 Å². The number of hydrogen-bond donors (Lipinski definition) is 2. The van der Waals surface area contributed by atoms with Crippen LogP contribution in [0.4, 0.5) is 5.69 Å². The molecule has 0 spiro atoms. The van der Waals surface area contributed by atoms with Crippen LogP contribution in [0.5, 0.6) is 0 Å². The minimum atomic E-state index is -0.147. The number of halogens is 1. The molecular weight excluding hydrogens is 288 g/mol. The second-order valence-corrected chi connectivity index (χ2v) is 6.94. The van der Waals surface area contributed by atoms with E-state index in [0.29, 0.717) is 28.1 Å². The molecule has 6 heteroatoms. The molecule has 3 N–H and O–H groups in total.